The number of carbonyl (C=O) groups is 1. The standard InChI is InChI=1S/C10H15NO3S3/c1-3-4-11-9(14)7(2)17-10(15)16-6-8(13)5-12/h1,7-8,12-13H,4-6H2,2H3,(H,11,14). The molecule has 0 aromatic heterocycles. The summed E-state index contributed by atoms with van der Waals surface area (Å²) in [5.41, 5.74) is 0. The summed E-state index contributed by atoms with van der Waals surface area (Å²) in [5.74, 6) is 2.47. The van der Waals surface area contributed by atoms with Gasteiger partial charge in [0.25, 0.3) is 0 Å². The first-order chi connectivity index (χ1) is 8.01. The van der Waals surface area contributed by atoms with E-state index < -0.39 is 6.10 Å². The lowest BCUT2D eigenvalue weighted by Gasteiger charge is -2.11. The van der Waals surface area contributed by atoms with Gasteiger partial charge in [-0.3, -0.25) is 4.79 Å². The van der Waals surface area contributed by atoms with Crippen molar-refractivity contribution in [2.75, 3.05) is 18.9 Å². The molecule has 3 N–H and O–H groups in total. The van der Waals surface area contributed by atoms with Crippen LogP contribution in [-0.4, -0.2) is 49.9 Å². The molecule has 0 aliphatic carbocycles. The van der Waals surface area contributed by atoms with E-state index >= 15 is 0 Å². The molecule has 0 aliphatic heterocycles. The maximum absolute atomic E-state index is 11.4. The van der Waals surface area contributed by atoms with Crippen molar-refractivity contribution in [2.24, 2.45) is 0 Å². The summed E-state index contributed by atoms with van der Waals surface area (Å²) in [7, 11) is 0. The van der Waals surface area contributed by atoms with Gasteiger partial charge in [0, 0.05) is 5.75 Å². The summed E-state index contributed by atoms with van der Waals surface area (Å²) in [4.78, 5) is 11.4. The third-order valence-corrected chi connectivity index (χ3v) is 4.44. The van der Waals surface area contributed by atoms with E-state index in [2.05, 4.69) is 11.2 Å². The van der Waals surface area contributed by atoms with Gasteiger partial charge in [0.1, 0.15) is 3.53 Å². The van der Waals surface area contributed by atoms with E-state index in [1.54, 1.807) is 6.92 Å². The summed E-state index contributed by atoms with van der Waals surface area (Å²) in [6, 6.07) is 0. The Balaban J connectivity index is 3.87. The number of aliphatic hydroxyl groups is 2. The molecule has 0 saturated carbocycles. The molecule has 0 aromatic rings. The van der Waals surface area contributed by atoms with E-state index in [0.717, 1.165) is 0 Å². The van der Waals surface area contributed by atoms with Crippen LogP contribution in [-0.2, 0) is 4.79 Å². The largest absolute Gasteiger partial charge is 0.394 e. The second kappa shape index (κ2) is 9.74. The van der Waals surface area contributed by atoms with Crippen LogP contribution < -0.4 is 5.32 Å². The number of rotatable bonds is 6. The van der Waals surface area contributed by atoms with Crippen LogP contribution in [0.4, 0.5) is 0 Å². The average molecular weight is 293 g/mol. The quantitative estimate of drug-likeness (QED) is 0.481. The van der Waals surface area contributed by atoms with Gasteiger partial charge >= 0.3 is 0 Å². The van der Waals surface area contributed by atoms with Crippen LogP contribution in [0.3, 0.4) is 0 Å². The highest BCUT2D eigenvalue weighted by Crippen LogP contribution is 2.22. The molecule has 1 amide bonds. The van der Waals surface area contributed by atoms with Crippen molar-refractivity contribution in [3.05, 3.63) is 0 Å². The van der Waals surface area contributed by atoms with Crippen molar-refractivity contribution in [3.63, 3.8) is 0 Å². The normalized spacial score (nSPS) is 13.5. The zero-order chi connectivity index (χ0) is 13.3. The van der Waals surface area contributed by atoms with Crippen molar-refractivity contribution in [3.8, 4) is 12.3 Å². The minimum Gasteiger partial charge on any atom is -0.394 e. The van der Waals surface area contributed by atoms with Crippen LogP contribution in [0.2, 0.25) is 0 Å². The molecule has 0 heterocycles. The summed E-state index contributed by atoms with van der Waals surface area (Å²) >= 11 is 7.52. The van der Waals surface area contributed by atoms with Crippen LogP contribution in [0.5, 0.6) is 0 Å². The van der Waals surface area contributed by atoms with E-state index in [0.29, 0.717) is 9.28 Å². The van der Waals surface area contributed by atoms with E-state index in [9.17, 15) is 4.79 Å². The Morgan fingerprint density at radius 3 is 2.82 bits per heavy atom. The van der Waals surface area contributed by atoms with Crippen LogP contribution in [0, 0.1) is 12.3 Å². The van der Waals surface area contributed by atoms with E-state index in [-0.39, 0.29) is 24.3 Å². The van der Waals surface area contributed by atoms with Crippen LogP contribution in [0.15, 0.2) is 0 Å². The molecule has 2 unspecified atom stereocenters. The minimum absolute atomic E-state index is 0.168. The zero-order valence-corrected chi connectivity index (χ0v) is 11.8. The lowest BCUT2D eigenvalue weighted by molar-refractivity contribution is -0.120. The van der Waals surface area contributed by atoms with Gasteiger partial charge in [-0.05, 0) is 6.92 Å². The van der Waals surface area contributed by atoms with E-state index in [4.69, 9.17) is 28.9 Å². The van der Waals surface area contributed by atoms with Crippen molar-refractivity contribution in [1.29, 1.82) is 0 Å². The third kappa shape index (κ3) is 8.46. The Morgan fingerprint density at radius 1 is 1.65 bits per heavy atom. The fourth-order valence-corrected chi connectivity index (χ4v) is 3.19. The van der Waals surface area contributed by atoms with Crippen LogP contribution in [0.25, 0.3) is 0 Å². The van der Waals surface area contributed by atoms with Gasteiger partial charge in [-0.1, -0.05) is 29.9 Å². The highest BCUT2D eigenvalue weighted by Gasteiger charge is 2.16. The maximum atomic E-state index is 11.4. The number of aliphatic hydroxyl groups excluding tert-OH is 2. The molecular formula is C10H15NO3S3. The van der Waals surface area contributed by atoms with Gasteiger partial charge in [-0.2, -0.15) is 0 Å². The molecule has 0 saturated heterocycles. The van der Waals surface area contributed by atoms with Gasteiger partial charge in [0.15, 0.2) is 0 Å². The molecule has 7 heteroatoms. The van der Waals surface area contributed by atoms with Gasteiger partial charge in [-0.15, -0.1) is 18.2 Å². The highest BCUT2D eigenvalue weighted by atomic mass is 32.2. The topological polar surface area (TPSA) is 69.6 Å². The monoisotopic (exact) mass is 293 g/mol. The minimum atomic E-state index is -0.788. The molecule has 17 heavy (non-hydrogen) atoms. The van der Waals surface area contributed by atoms with Crippen LogP contribution >= 0.6 is 35.7 Å². The number of thioether (sulfide) groups is 2. The second-order valence-electron chi connectivity index (χ2n) is 3.08. The number of amides is 1. The Bertz CT molecular complexity index is 304. The van der Waals surface area contributed by atoms with Crippen molar-refractivity contribution >= 4 is 45.2 Å². The molecule has 96 valence electrons. The van der Waals surface area contributed by atoms with E-state index in [1.165, 1.54) is 23.5 Å². The van der Waals surface area contributed by atoms with Gasteiger partial charge in [0.2, 0.25) is 5.91 Å². The SMILES string of the molecule is C#CCNC(=O)C(C)SC(=S)SCC(O)CO. The molecule has 0 radical (unpaired) electrons. The summed E-state index contributed by atoms with van der Waals surface area (Å²) in [5, 5.41) is 20.0. The lowest BCUT2D eigenvalue weighted by Crippen LogP contribution is -2.31. The lowest BCUT2D eigenvalue weighted by atomic mass is 10.4. The predicted molar refractivity (Wildman–Crippen MR) is 77.0 cm³/mol. The number of carbonyl (C=O) groups excluding carboxylic acids is 1. The number of hydrogen-bond acceptors (Lipinski definition) is 6. The fraction of sp³-hybridized carbons (Fsp3) is 0.600. The molecule has 0 fully saturated rings. The Hall–Kier alpha value is -0.260. The van der Waals surface area contributed by atoms with Gasteiger partial charge in [-0.25, -0.2) is 0 Å². The van der Waals surface area contributed by atoms with E-state index in [1.807, 2.05) is 0 Å². The molecule has 4 nitrogen and oxygen atoms in total. The molecule has 0 bridgehead atoms. The number of hydrogen-bond donors (Lipinski definition) is 3. The highest BCUT2D eigenvalue weighted by molar-refractivity contribution is 8.47. The first kappa shape index (κ1) is 16.7. The number of thiocarbonyl (C=S) groups is 1. The molecule has 0 rings (SSSR count). The first-order valence-corrected chi connectivity index (χ1v) is 7.12. The Morgan fingerprint density at radius 2 is 2.29 bits per heavy atom. The summed E-state index contributed by atoms with van der Waals surface area (Å²) in [6.07, 6.45) is 4.23. The molecule has 2 atom stereocenters. The van der Waals surface area contributed by atoms with Crippen molar-refractivity contribution in [1.82, 2.24) is 5.32 Å². The summed E-state index contributed by atoms with van der Waals surface area (Å²) < 4.78 is 0.556. The van der Waals surface area contributed by atoms with Crippen molar-refractivity contribution < 1.29 is 15.0 Å². The van der Waals surface area contributed by atoms with Gasteiger partial charge < -0.3 is 15.5 Å². The van der Waals surface area contributed by atoms with Gasteiger partial charge in [0.05, 0.1) is 24.5 Å². The average Bonchev–Trinajstić information content (AvgIpc) is 2.32. The molecule has 0 aliphatic rings. The fourth-order valence-electron chi connectivity index (χ4n) is 0.731. The summed E-state index contributed by atoms with van der Waals surface area (Å²) in [6.45, 7) is 1.64. The zero-order valence-electron chi connectivity index (χ0n) is 9.38. The Kier molecular flexibility index (Phi) is 9.59. The maximum Gasteiger partial charge on any atom is 0.234 e. The van der Waals surface area contributed by atoms with Crippen LogP contribution in [0.1, 0.15) is 6.92 Å². The van der Waals surface area contributed by atoms with Crippen molar-refractivity contribution in [2.45, 2.75) is 18.3 Å². The third-order valence-electron chi connectivity index (χ3n) is 1.61. The smallest absolute Gasteiger partial charge is 0.234 e. The molecule has 0 aromatic carbocycles. The molecular weight excluding hydrogens is 278 g/mol. The second-order valence-corrected chi connectivity index (χ2v) is 6.64. The number of terminal acetylenes is 1. The molecule has 0 spiro atoms. The number of nitrogens with one attached hydrogen (secondary N) is 1. The predicted octanol–water partition coefficient (Wildman–Crippen LogP) is 0.229. The Labute approximate surface area is 115 Å². The first-order valence-electron chi connectivity index (χ1n) is 4.84.